The number of hydrogen-bond acceptors (Lipinski definition) is 5. The Kier molecular flexibility index (Phi) is 4.95. The number of para-hydroxylation sites is 1. The lowest BCUT2D eigenvalue weighted by molar-refractivity contribution is 0.0943. The monoisotopic (exact) mass is 348 g/mol. The first-order chi connectivity index (χ1) is 11.2. The van der Waals surface area contributed by atoms with Gasteiger partial charge < -0.3 is 14.5 Å². The molecule has 0 fully saturated rings. The molecule has 3 rings (SSSR count). The van der Waals surface area contributed by atoms with Gasteiger partial charge in [0, 0.05) is 5.38 Å². The zero-order chi connectivity index (χ0) is 16.1. The van der Waals surface area contributed by atoms with Crippen LogP contribution >= 0.6 is 22.9 Å². The number of nitrogens with zero attached hydrogens (tertiary/aromatic N) is 1. The summed E-state index contributed by atoms with van der Waals surface area (Å²) in [6, 6.07) is 10.8. The fourth-order valence-electron chi connectivity index (χ4n) is 1.85. The average molecular weight is 349 g/mol. The fraction of sp³-hybridized carbons (Fsp3) is 0.125. The van der Waals surface area contributed by atoms with E-state index in [0.717, 1.165) is 0 Å². The van der Waals surface area contributed by atoms with Gasteiger partial charge >= 0.3 is 0 Å². The topological polar surface area (TPSA) is 64.4 Å². The third-order valence-electron chi connectivity index (χ3n) is 2.98. The van der Waals surface area contributed by atoms with Crippen molar-refractivity contribution in [3.63, 3.8) is 0 Å². The predicted octanol–water partition coefficient (Wildman–Crippen LogP) is 3.90. The Morgan fingerprint density at radius 2 is 2.17 bits per heavy atom. The molecule has 0 spiro atoms. The van der Waals surface area contributed by atoms with Crippen LogP contribution in [0.15, 0.2) is 52.5 Å². The highest BCUT2D eigenvalue weighted by Crippen LogP contribution is 2.24. The molecule has 118 valence electrons. The second kappa shape index (κ2) is 7.30. The van der Waals surface area contributed by atoms with Crippen molar-refractivity contribution in [3.8, 4) is 5.75 Å². The van der Waals surface area contributed by atoms with E-state index in [2.05, 4.69) is 10.3 Å². The quantitative estimate of drug-likeness (QED) is 0.733. The maximum absolute atomic E-state index is 12.0. The van der Waals surface area contributed by atoms with E-state index in [4.69, 9.17) is 20.8 Å². The van der Waals surface area contributed by atoms with Crippen LogP contribution in [0.1, 0.15) is 21.3 Å². The molecule has 1 amide bonds. The van der Waals surface area contributed by atoms with Crippen molar-refractivity contribution in [2.75, 3.05) is 0 Å². The van der Waals surface area contributed by atoms with E-state index in [-0.39, 0.29) is 12.5 Å². The van der Waals surface area contributed by atoms with E-state index >= 15 is 0 Å². The Hall–Kier alpha value is -2.31. The zero-order valence-corrected chi connectivity index (χ0v) is 13.6. The van der Waals surface area contributed by atoms with Crippen LogP contribution in [0.5, 0.6) is 5.75 Å². The van der Waals surface area contributed by atoms with Crippen LogP contribution in [0.25, 0.3) is 0 Å². The third-order valence-corrected chi connectivity index (χ3v) is 4.11. The molecule has 1 aromatic carbocycles. The molecule has 0 radical (unpaired) electrons. The standard InChI is InChI=1S/C16H13ClN2O3S/c17-12-5-1-2-6-14(12)22-9-15-19-13(10-23-15)16(20)18-8-11-4-3-7-21-11/h1-7,10H,8-9H2,(H,18,20). The van der Waals surface area contributed by atoms with Crippen molar-refractivity contribution in [3.05, 3.63) is 69.5 Å². The molecule has 1 N–H and O–H groups in total. The number of ether oxygens (including phenoxy) is 1. The highest BCUT2D eigenvalue weighted by atomic mass is 35.5. The number of carbonyl (C=O) groups is 1. The number of carbonyl (C=O) groups excluding carboxylic acids is 1. The maximum atomic E-state index is 12.0. The lowest BCUT2D eigenvalue weighted by atomic mass is 10.3. The first kappa shape index (κ1) is 15.6. The van der Waals surface area contributed by atoms with Crippen molar-refractivity contribution in [2.24, 2.45) is 0 Å². The summed E-state index contributed by atoms with van der Waals surface area (Å²) in [4.78, 5) is 16.3. The molecule has 23 heavy (non-hydrogen) atoms. The van der Waals surface area contributed by atoms with Crippen molar-refractivity contribution in [1.29, 1.82) is 0 Å². The Morgan fingerprint density at radius 1 is 1.30 bits per heavy atom. The Balaban J connectivity index is 1.55. The first-order valence-electron chi connectivity index (χ1n) is 6.84. The van der Waals surface area contributed by atoms with E-state index < -0.39 is 0 Å². The number of aromatic nitrogens is 1. The van der Waals surface area contributed by atoms with Gasteiger partial charge in [-0.15, -0.1) is 11.3 Å². The van der Waals surface area contributed by atoms with Gasteiger partial charge in [0.05, 0.1) is 17.8 Å². The van der Waals surface area contributed by atoms with E-state index in [9.17, 15) is 4.79 Å². The highest BCUT2D eigenvalue weighted by Gasteiger charge is 2.12. The summed E-state index contributed by atoms with van der Waals surface area (Å²) < 4.78 is 10.8. The Bertz CT molecular complexity index is 786. The van der Waals surface area contributed by atoms with E-state index in [1.807, 2.05) is 12.1 Å². The molecule has 7 heteroatoms. The SMILES string of the molecule is O=C(NCc1ccco1)c1csc(COc2ccccc2Cl)n1. The molecule has 0 aliphatic rings. The summed E-state index contributed by atoms with van der Waals surface area (Å²) in [5.41, 5.74) is 0.360. The number of nitrogens with one attached hydrogen (secondary N) is 1. The molecule has 0 aliphatic carbocycles. The van der Waals surface area contributed by atoms with Crippen LogP contribution in [0.2, 0.25) is 5.02 Å². The van der Waals surface area contributed by atoms with Gasteiger partial charge in [-0.1, -0.05) is 23.7 Å². The zero-order valence-electron chi connectivity index (χ0n) is 12.0. The number of benzene rings is 1. The maximum Gasteiger partial charge on any atom is 0.271 e. The number of hydrogen-bond donors (Lipinski definition) is 1. The van der Waals surface area contributed by atoms with Crippen LogP contribution < -0.4 is 10.1 Å². The number of thiazole rings is 1. The predicted molar refractivity (Wildman–Crippen MR) is 87.8 cm³/mol. The summed E-state index contributed by atoms with van der Waals surface area (Å²) in [6.07, 6.45) is 1.56. The molecule has 0 unspecified atom stereocenters. The van der Waals surface area contributed by atoms with Crippen LogP contribution in [0.4, 0.5) is 0 Å². The molecule has 5 nitrogen and oxygen atoms in total. The summed E-state index contributed by atoms with van der Waals surface area (Å²) >= 11 is 7.38. The van der Waals surface area contributed by atoms with Crippen LogP contribution in [-0.2, 0) is 13.2 Å². The molecule has 0 aliphatic heterocycles. The van der Waals surface area contributed by atoms with Crippen LogP contribution in [-0.4, -0.2) is 10.9 Å². The lowest BCUT2D eigenvalue weighted by Crippen LogP contribution is -2.22. The van der Waals surface area contributed by atoms with Gasteiger partial charge in [0.1, 0.15) is 28.8 Å². The van der Waals surface area contributed by atoms with E-state index in [1.165, 1.54) is 11.3 Å². The molecule has 2 heterocycles. The molecular weight excluding hydrogens is 336 g/mol. The van der Waals surface area contributed by atoms with Crippen LogP contribution in [0, 0.1) is 0 Å². The van der Waals surface area contributed by atoms with Gasteiger partial charge in [0.2, 0.25) is 0 Å². The molecule has 0 atom stereocenters. The number of amides is 1. The lowest BCUT2D eigenvalue weighted by Gasteiger charge is -2.05. The molecule has 0 bridgehead atoms. The Morgan fingerprint density at radius 3 is 2.96 bits per heavy atom. The number of halogens is 1. The summed E-state index contributed by atoms with van der Waals surface area (Å²) in [6.45, 7) is 0.592. The normalized spacial score (nSPS) is 10.5. The van der Waals surface area contributed by atoms with Crippen molar-refractivity contribution in [1.82, 2.24) is 10.3 Å². The number of rotatable bonds is 6. The molecule has 0 saturated carbocycles. The van der Waals surface area contributed by atoms with Crippen molar-refractivity contribution in [2.45, 2.75) is 13.2 Å². The Labute approximate surface area is 141 Å². The van der Waals surface area contributed by atoms with Crippen LogP contribution in [0.3, 0.4) is 0 Å². The number of furan rings is 1. The largest absolute Gasteiger partial charge is 0.485 e. The minimum Gasteiger partial charge on any atom is -0.485 e. The fourth-order valence-corrected chi connectivity index (χ4v) is 2.73. The van der Waals surface area contributed by atoms with Gasteiger partial charge in [-0.05, 0) is 24.3 Å². The molecule has 0 saturated heterocycles. The minimum atomic E-state index is -0.248. The second-order valence-corrected chi connectivity index (χ2v) is 5.96. The van der Waals surface area contributed by atoms with Gasteiger partial charge in [-0.2, -0.15) is 0 Å². The van der Waals surface area contributed by atoms with Gasteiger partial charge in [0.25, 0.3) is 5.91 Å². The van der Waals surface area contributed by atoms with Gasteiger partial charge in [-0.25, -0.2) is 4.98 Å². The minimum absolute atomic E-state index is 0.248. The van der Waals surface area contributed by atoms with Crippen molar-refractivity contribution < 1.29 is 13.9 Å². The third kappa shape index (κ3) is 4.12. The second-order valence-electron chi connectivity index (χ2n) is 4.61. The molecular formula is C16H13ClN2O3S. The summed E-state index contributed by atoms with van der Waals surface area (Å²) in [5, 5.41) is 5.69. The summed E-state index contributed by atoms with van der Waals surface area (Å²) in [7, 11) is 0. The van der Waals surface area contributed by atoms with Gasteiger partial charge in [0.15, 0.2) is 0 Å². The van der Waals surface area contributed by atoms with E-state index in [1.54, 1.807) is 35.9 Å². The smallest absolute Gasteiger partial charge is 0.271 e. The van der Waals surface area contributed by atoms with Gasteiger partial charge in [-0.3, -0.25) is 4.79 Å². The summed E-state index contributed by atoms with van der Waals surface area (Å²) in [5.74, 6) is 1.03. The van der Waals surface area contributed by atoms with E-state index in [0.29, 0.717) is 33.8 Å². The first-order valence-corrected chi connectivity index (χ1v) is 8.10. The molecule has 2 aromatic heterocycles. The van der Waals surface area contributed by atoms with Crippen molar-refractivity contribution >= 4 is 28.8 Å². The molecule has 3 aromatic rings. The highest BCUT2D eigenvalue weighted by molar-refractivity contribution is 7.09. The average Bonchev–Trinajstić information content (AvgIpc) is 3.23.